The van der Waals surface area contributed by atoms with Gasteiger partial charge >= 0.3 is 0 Å². The maximum Gasteiger partial charge on any atom is 0.255 e. The molecule has 6 nitrogen and oxygen atoms in total. The van der Waals surface area contributed by atoms with E-state index in [0.29, 0.717) is 41.6 Å². The average Bonchev–Trinajstić information content (AvgIpc) is 2.64. The van der Waals surface area contributed by atoms with Gasteiger partial charge < -0.3 is 9.40 Å². The molecule has 4 rings (SSSR count). The average molecular weight is 379 g/mol. The molecule has 2 aromatic heterocycles. The molecule has 0 bridgehead atoms. The summed E-state index contributed by atoms with van der Waals surface area (Å²) in [6, 6.07) is 5.61. The van der Waals surface area contributed by atoms with Gasteiger partial charge in [0.25, 0.3) is 5.56 Å². The highest BCUT2D eigenvalue weighted by atomic mass is 16.3. The molecule has 0 atom stereocenters. The zero-order chi connectivity index (χ0) is 20.1. The number of aromatic nitrogens is 2. The van der Waals surface area contributed by atoms with Crippen molar-refractivity contribution < 1.29 is 4.42 Å². The Labute approximate surface area is 163 Å². The zero-order valence-corrected chi connectivity index (χ0v) is 16.8. The van der Waals surface area contributed by atoms with Gasteiger partial charge in [0, 0.05) is 37.0 Å². The van der Waals surface area contributed by atoms with Crippen molar-refractivity contribution >= 4 is 11.0 Å². The molecule has 0 amide bonds. The minimum atomic E-state index is -0.201. The van der Waals surface area contributed by atoms with Crippen molar-refractivity contribution in [3.63, 3.8) is 0 Å². The summed E-state index contributed by atoms with van der Waals surface area (Å²) in [7, 11) is 0. The van der Waals surface area contributed by atoms with E-state index in [4.69, 9.17) is 9.40 Å². The molecular formula is C22H25N3O3. The summed E-state index contributed by atoms with van der Waals surface area (Å²) in [5.41, 5.74) is 3.50. The number of benzene rings is 1. The third-order valence-electron chi connectivity index (χ3n) is 5.25. The van der Waals surface area contributed by atoms with Crippen LogP contribution in [0.3, 0.4) is 0 Å². The number of H-pyrrole nitrogens is 1. The number of aryl methyl sites for hydroxylation is 1. The van der Waals surface area contributed by atoms with Gasteiger partial charge in [-0.15, -0.1) is 0 Å². The van der Waals surface area contributed by atoms with Crippen LogP contribution in [0.1, 0.15) is 49.0 Å². The Morgan fingerprint density at radius 2 is 2.04 bits per heavy atom. The lowest BCUT2D eigenvalue weighted by Crippen LogP contribution is -2.37. The van der Waals surface area contributed by atoms with Crippen LogP contribution in [0.15, 0.2) is 38.5 Å². The molecule has 0 saturated heterocycles. The SMILES string of the molecule is Cc1ccc2occ(CN3CCc4nc(C(C)(C)C)[nH]c(=O)c4C3)c(=O)c2c1. The van der Waals surface area contributed by atoms with Crippen molar-refractivity contribution in [3.8, 4) is 0 Å². The molecule has 3 aromatic rings. The highest BCUT2D eigenvalue weighted by molar-refractivity contribution is 5.77. The van der Waals surface area contributed by atoms with Gasteiger partial charge in [0.05, 0.1) is 22.9 Å². The summed E-state index contributed by atoms with van der Waals surface area (Å²) in [5.74, 6) is 0.718. The largest absolute Gasteiger partial charge is 0.464 e. The van der Waals surface area contributed by atoms with Gasteiger partial charge in [-0.25, -0.2) is 4.98 Å². The minimum Gasteiger partial charge on any atom is -0.464 e. The van der Waals surface area contributed by atoms with E-state index in [-0.39, 0.29) is 16.4 Å². The van der Waals surface area contributed by atoms with Crippen LogP contribution >= 0.6 is 0 Å². The predicted molar refractivity (Wildman–Crippen MR) is 109 cm³/mol. The first-order chi connectivity index (χ1) is 13.2. The summed E-state index contributed by atoms with van der Waals surface area (Å²) in [6.45, 7) is 9.74. The van der Waals surface area contributed by atoms with Crippen molar-refractivity contribution in [1.29, 1.82) is 0 Å². The van der Waals surface area contributed by atoms with Gasteiger partial charge in [-0.1, -0.05) is 32.4 Å². The zero-order valence-electron chi connectivity index (χ0n) is 16.8. The van der Waals surface area contributed by atoms with Crippen LogP contribution in [-0.2, 0) is 24.9 Å². The minimum absolute atomic E-state index is 0.00846. The molecule has 0 aliphatic carbocycles. The van der Waals surface area contributed by atoms with Crippen LogP contribution in [-0.4, -0.2) is 21.4 Å². The Bertz CT molecular complexity index is 1170. The first kappa shape index (κ1) is 18.6. The second-order valence-electron chi connectivity index (χ2n) is 8.64. The first-order valence-electron chi connectivity index (χ1n) is 9.58. The van der Waals surface area contributed by atoms with Crippen LogP contribution in [0.5, 0.6) is 0 Å². The Hall–Kier alpha value is -2.73. The fourth-order valence-corrected chi connectivity index (χ4v) is 3.61. The van der Waals surface area contributed by atoms with Gasteiger partial charge in [-0.2, -0.15) is 0 Å². The van der Waals surface area contributed by atoms with Crippen molar-refractivity contribution in [1.82, 2.24) is 14.9 Å². The molecular weight excluding hydrogens is 354 g/mol. The molecule has 146 valence electrons. The van der Waals surface area contributed by atoms with Gasteiger partial charge in [-0.3, -0.25) is 14.5 Å². The topological polar surface area (TPSA) is 79.2 Å². The Morgan fingerprint density at radius 1 is 1.25 bits per heavy atom. The summed E-state index contributed by atoms with van der Waals surface area (Å²) in [6.07, 6.45) is 2.24. The van der Waals surface area contributed by atoms with E-state index < -0.39 is 0 Å². The van der Waals surface area contributed by atoms with Crippen LogP contribution < -0.4 is 11.0 Å². The summed E-state index contributed by atoms with van der Waals surface area (Å²) < 4.78 is 5.66. The summed E-state index contributed by atoms with van der Waals surface area (Å²) in [5, 5.41) is 0.601. The van der Waals surface area contributed by atoms with E-state index in [1.54, 1.807) is 6.26 Å². The van der Waals surface area contributed by atoms with Crippen molar-refractivity contribution in [2.75, 3.05) is 6.54 Å². The Kier molecular flexibility index (Phi) is 4.46. The smallest absolute Gasteiger partial charge is 0.255 e. The summed E-state index contributed by atoms with van der Waals surface area (Å²) in [4.78, 5) is 35.2. The van der Waals surface area contributed by atoms with Gasteiger partial charge in [-0.05, 0) is 19.1 Å². The predicted octanol–water partition coefficient (Wildman–Crippen LogP) is 3.04. The number of nitrogens with zero attached hydrogens (tertiary/aromatic N) is 2. The molecule has 0 spiro atoms. The third-order valence-corrected chi connectivity index (χ3v) is 5.25. The number of hydrogen-bond donors (Lipinski definition) is 1. The van der Waals surface area contributed by atoms with E-state index in [1.807, 2.05) is 45.9 Å². The third kappa shape index (κ3) is 3.40. The number of aromatic amines is 1. The van der Waals surface area contributed by atoms with Crippen molar-refractivity contribution in [3.05, 3.63) is 73.2 Å². The standard InChI is InChI=1S/C22H25N3O3/c1-13-5-6-18-15(9-13)19(26)14(12-28-18)10-25-8-7-17-16(11-25)20(27)24-21(23-17)22(2,3)4/h5-6,9,12H,7-8,10-11H2,1-4H3,(H,23,24,27). The molecule has 0 fully saturated rings. The maximum atomic E-state index is 12.9. The molecule has 6 heteroatoms. The molecule has 0 unspecified atom stereocenters. The van der Waals surface area contributed by atoms with Crippen LogP contribution in [0, 0.1) is 6.92 Å². The van der Waals surface area contributed by atoms with Crippen molar-refractivity contribution in [2.45, 2.75) is 52.6 Å². The number of rotatable bonds is 2. The van der Waals surface area contributed by atoms with E-state index in [9.17, 15) is 9.59 Å². The highest BCUT2D eigenvalue weighted by Gasteiger charge is 2.25. The van der Waals surface area contributed by atoms with Crippen LogP contribution in [0.4, 0.5) is 0 Å². The molecule has 0 saturated carbocycles. The second-order valence-corrected chi connectivity index (χ2v) is 8.64. The number of nitrogens with one attached hydrogen (secondary N) is 1. The van der Waals surface area contributed by atoms with E-state index in [2.05, 4.69) is 9.88 Å². The number of fused-ring (bicyclic) bond motifs is 2. The number of hydrogen-bond acceptors (Lipinski definition) is 5. The molecule has 1 aromatic carbocycles. The molecule has 1 aliphatic rings. The fraction of sp³-hybridized carbons (Fsp3) is 0.409. The lowest BCUT2D eigenvalue weighted by molar-refractivity contribution is 0.238. The van der Waals surface area contributed by atoms with Crippen molar-refractivity contribution in [2.24, 2.45) is 0 Å². The molecule has 0 radical (unpaired) electrons. The fourth-order valence-electron chi connectivity index (χ4n) is 3.61. The lowest BCUT2D eigenvalue weighted by atomic mass is 9.95. The summed E-state index contributed by atoms with van der Waals surface area (Å²) >= 11 is 0. The van der Waals surface area contributed by atoms with Gasteiger partial charge in [0.2, 0.25) is 0 Å². The molecule has 1 aliphatic heterocycles. The quantitative estimate of drug-likeness (QED) is 0.740. The Morgan fingerprint density at radius 3 is 2.79 bits per heavy atom. The molecule has 1 N–H and O–H groups in total. The lowest BCUT2D eigenvalue weighted by Gasteiger charge is -2.28. The molecule has 28 heavy (non-hydrogen) atoms. The van der Waals surface area contributed by atoms with E-state index in [1.165, 1.54) is 0 Å². The van der Waals surface area contributed by atoms with E-state index in [0.717, 1.165) is 23.6 Å². The van der Waals surface area contributed by atoms with E-state index >= 15 is 0 Å². The first-order valence-corrected chi connectivity index (χ1v) is 9.58. The maximum absolute atomic E-state index is 12.9. The van der Waals surface area contributed by atoms with Gasteiger partial charge in [0.1, 0.15) is 11.4 Å². The monoisotopic (exact) mass is 379 g/mol. The highest BCUT2D eigenvalue weighted by Crippen LogP contribution is 2.21. The van der Waals surface area contributed by atoms with Gasteiger partial charge in [0.15, 0.2) is 5.43 Å². The Balaban J connectivity index is 1.62. The molecule has 3 heterocycles. The normalized spacial score (nSPS) is 15.0. The second kappa shape index (κ2) is 6.71. The van der Waals surface area contributed by atoms with Crippen LogP contribution in [0.25, 0.3) is 11.0 Å². The van der Waals surface area contributed by atoms with Crippen LogP contribution in [0.2, 0.25) is 0 Å².